The van der Waals surface area contributed by atoms with Crippen LogP contribution < -0.4 is 5.32 Å². The van der Waals surface area contributed by atoms with Crippen LogP contribution in [0, 0.1) is 0 Å². The molecule has 16 heavy (non-hydrogen) atoms. The van der Waals surface area contributed by atoms with Gasteiger partial charge in [-0.05, 0) is 26.8 Å². The molecule has 0 rings (SSSR count). The van der Waals surface area contributed by atoms with E-state index in [1.54, 1.807) is 0 Å². The number of ether oxygens (including phenoxy) is 3. The van der Waals surface area contributed by atoms with Crippen molar-refractivity contribution >= 4 is 0 Å². The van der Waals surface area contributed by atoms with E-state index >= 15 is 0 Å². The molecule has 0 heterocycles. The fourth-order valence-electron chi connectivity index (χ4n) is 1.11. The number of hydrogen-bond donors (Lipinski definition) is 1. The highest BCUT2D eigenvalue weighted by atomic mass is 16.5. The van der Waals surface area contributed by atoms with E-state index in [2.05, 4.69) is 12.2 Å². The molecule has 0 saturated carbocycles. The lowest BCUT2D eigenvalue weighted by atomic mass is 10.5. The van der Waals surface area contributed by atoms with Crippen molar-refractivity contribution in [1.82, 2.24) is 5.32 Å². The minimum absolute atomic E-state index is 0.282. The zero-order valence-electron chi connectivity index (χ0n) is 11.0. The minimum Gasteiger partial charge on any atom is -0.378 e. The summed E-state index contributed by atoms with van der Waals surface area (Å²) in [6, 6.07) is 0. The molecule has 4 heteroatoms. The molecule has 0 atom stereocenters. The van der Waals surface area contributed by atoms with Gasteiger partial charge in [-0.25, -0.2) is 0 Å². The van der Waals surface area contributed by atoms with Crippen LogP contribution in [0.25, 0.3) is 0 Å². The van der Waals surface area contributed by atoms with Crippen molar-refractivity contribution in [2.75, 3.05) is 46.1 Å². The Kier molecular flexibility index (Phi) is 12.8. The predicted octanol–water partition coefficient (Wildman–Crippen LogP) is 1.44. The molecule has 98 valence electrons. The Balaban J connectivity index is 2.88. The summed E-state index contributed by atoms with van der Waals surface area (Å²) in [5.41, 5.74) is 0. The van der Waals surface area contributed by atoms with Gasteiger partial charge in [-0.3, -0.25) is 0 Å². The van der Waals surface area contributed by atoms with Gasteiger partial charge in [0.1, 0.15) is 0 Å². The summed E-state index contributed by atoms with van der Waals surface area (Å²) in [6.07, 6.45) is 1.45. The highest BCUT2D eigenvalue weighted by Crippen LogP contribution is 1.87. The Hall–Kier alpha value is -0.160. The van der Waals surface area contributed by atoms with Crippen LogP contribution in [0.2, 0.25) is 0 Å². The number of nitrogens with one attached hydrogen (secondary N) is 1. The second-order valence-electron chi connectivity index (χ2n) is 3.89. The second kappa shape index (κ2) is 12.9. The zero-order chi connectivity index (χ0) is 12.1. The van der Waals surface area contributed by atoms with E-state index in [0.717, 1.165) is 19.7 Å². The average Bonchev–Trinajstić information content (AvgIpc) is 2.25. The first kappa shape index (κ1) is 15.8. The fourth-order valence-corrected chi connectivity index (χ4v) is 1.11. The standard InChI is InChI=1S/C12H27NO3/c1-4-5-13-6-7-14-8-9-15-10-11-16-12(2)3/h12-13H,4-11H2,1-3H3. The van der Waals surface area contributed by atoms with Crippen LogP contribution in [0.15, 0.2) is 0 Å². The highest BCUT2D eigenvalue weighted by molar-refractivity contribution is 4.43. The van der Waals surface area contributed by atoms with Crippen molar-refractivity contribution in [2.24, 2.45) is 0 Å². The van der Waals surface area contributed by atoms with Gasteiger partial charge in [0.15, 0.2) is 0 Å². The first-order valence-electron chi connectivity index (χ1n) is 6.25. The van der Waals surface area contributed by atoms with Gasteiger partial charge in [0.2, 0.25) is 0 Å². The summed E-state index contributed by atoms with van der Waals surface area (Å²) in [7, 11) is 0. The van der Waals surface area contributed by atoms with Gasteiger partial charge in [0, 0.05) is 6.54 Å². The molecule has 4 nitrogen and oxygen atoms in total. The van der Waals surface area contributed by atoms with Crippen LogP contribution in [0.4, 0.5) is 0 Å². The molecule has 0 aromatic rings. The topological polar surface area (TPSA) is 39.7 Å². The largest absolute Gasteiger partial charge is 0.378 e. The lowest BCUT2D eigenvalue weighted by Crippen LogP contribution is -2.21. The molecule has 0 aliphatic carbocycles. The molecule has 0 unspecified atom stereocenters. The Morgan fingerprint density at radius 1 is 0.875 bits per heavy atom. The van der Waals surface area contributed by atoms with Gasteiger partial charge in [-0.1, -0.05) is 6.92 Å². The molecule has 0 aromatic carbocycles. The van der Waals surface area contributed by atoms with Crippen LogP contribution in [0.3, 0.4) is 0 Å². The van der Waals surface area contributed by atoms with E-state index in [1.807, 2.05) is 13.8 Å². The minimum atomic E-state index is 0.282. The van der Waals surface area contributed by atoms with Crippen molar-refractivity contribution in [3.05, 3.63) is 0 Å². The maximum absolute atomic E-state index is 5.38. The molecule has 0 spiro atoms. The molecular formula is C12H27NO3. The van der Waals surface area contributed by atoms with E-state index in [-0.39, 0.29) is 6.10 Å². The smallest absolute Gasteiger partial charge is 0.0703 e. The van der Waals surface area contributed by atoms with Crippen LogP contribution in [0.5, 0.6) is 0 Å². The zero-order valence-corrected chi connectivity index (χ0v) is 11.0. The Bertz CT molecular complexity index is 131. The molecule has 0 aromatic heterocycles. The first-order chi connectivity index (χ1) is 7.77. The lowest BCUT2D eigenvalue weighted by molar-refractivity contribution is -0.00102. The predicted molar refractivity (Wildman–Crippen MR) is 65.9 cm³/mol. The van der Waals surface area contributed by atoms with Crippen molar-refractivity contribution in [3.8, 4) is 0 Å². The summed E-state index contributed by atoms with van der Waals surface area (Å²) < 4.78 is 16.1. The van der Waals surface area contributed by atoms with Crippen LogP contribution in [-0.2, 0) is 14.2 Å². The third-order valence-corrected chi connectivity index (χ3v) is 1.90. The van der Waals surface area contributed by atoms with Crippen molar-refractivity contribution in [3.63, 3.8) is 0 Å². The van der Waals surface area contributed by atoms with Gasteiger partial charge >= 0.3 is 0 Å². The second-order valence-corrected chi connectivity index (χ2v) is 3.89. The normalized spacial score (nSPS) is 11.2. The molecule has 0 fully saturated rings. The molecule has 0 aliphatic rings. The molecule has 0 radical (unpaired) electrons. The molecule has 0 bridgehead atoms. The number of hydrogen-bond acceptors (Lipinski definition) is 4. The Morgan fingerprint density at radius 2 is 1.50 bits per heavy atom. The quantitative estimate of drug-likeness (QED) is 0.518. The van der Waals surface area contributed by atoms with Gasteiger partial charge in [0.05, 0.1) is 39.1 Å². The van der Waals surface area contributed by atoms with Crippen molar-refractivity contribution < 1.29 is 14.2 Å². The van der Waals surface area contributed by atoms with Gasteiger partial charge in [0.25, 0.3) is 0 Å². The summed E-state index contributed by atoms with van der Waals surface area (Å²) in [5, 5.41) is 3.27. The van der Waals surface area contributed by atoms with E-state index < -0.39 is 0 Å². The van der Waals surface area contributed by atoms with Crippen LogP contribution in [0.1, 0.15) is 27.2 Å². The van der Waals surface area contributed by atoms with E-state index in [0.29, 0.717) is 26.4 Å². The van der Waals surface area contributed by atoms with E-state index in [1.165, 1.54) is 6.42 Å². The maximum Gasteiger partial charge on any atom is 0.0703 e. The average molecular weight is 233 g/mol. The highest BCUT2D eigenvalue weighted by Gasteiger charge is 1.93. The monoisotopic (exact) mass is 233 g/mol. The number of rotatable bonds is 12. The summed E-state index contributed by atoms with van der Waals surface area (Å²) in [4.78, 5) is 0. The van der Waals surface area contributed by atoms with Crippen molar-refractivity contribution in [1.29, 1.82) is 0 Å². The summed E-state index contributed by atoms with van der Waals surface area (Å²) in [6.45, 7) is 11.6. The molecular weight excluding hydrogens is 206 g/mol. The molecule has 1 N–H and O–H groups in total. The van der Waals surface area contributed by atoms with E-state index in [4.69, 9.17) is 14.2 Å². The fraction of sp³-hybridized carbons (Fsp3) is 1.00. The SMILES string of the molecule is CCCNCCOCCOCCOC(C)C. The lowest BCUT2D eigenvalue weighted by Gasteiger charge is -2.08. The maximum atomic E-state index is 5.38. The third-order valence-electron chi connectivity index (χ3n) is 1.90. The summed E-state index contributed by atoms with van der Waals surface area (Å²) in [5.74, 6) is 0. The molecule has 0 aliphatic heterocycles. The van der Waals surface area contributed by atoms with E-state index in [9.17, 15) is 0 Å². The van der Waals surface area contributed by atoms with Gasteiger partial charge in [-0.2, -0.15) is 0 Å². The Labute approximate surface area is 99.6 Å². The van der Waals surface area contributed by atoms with Gasteiger partial charge in [-0.15, -0.1) is 0 Å². The third kappa shape index (κ3) is 13.8. The van der Waals surface area contributed by atoms with Crippen molar-refractivity contribution in [2.45, 2.75) is 33.3 Å². The van der Waals surface area contributed by atoms with Crippen LogP contribution >= 0.6 is 0 Å². The molecule has 0 saturated heterocycles. The van der Waals surface area contributed by atoms with Crippen LogP contribution in [-0.4, -0.2) is 52.2 Å². The first-order valence-corrected chi connectivity index (χ1v) is 6.25. The summed E-state index contributed by atoms with van der Waals surface area (Å²) >= 11 is 0. The Morgan fingerprint density at radius 3 is 2.12 bits per heavy atom. The molecule has 0 amide bonds. The van der Waals surface area contributed by atoms with Gasteiger partial charge < -0.3 is 19.5 Å².